The topological polar surface area (TPSA) is 143 Å². The van der Waals surface area contributed by atoms with Gasteiger partial charge >= 0.3 is 0 Å². The van der Waals surface area contributed by atoms with Gasteiger partial charge in [0.15, 0.2) is 0 Å². The number of Topliss-reactive ketones (excluding diaryl/α,β-unsaturated/α-hetero) is 1. The minimum Gasteiger partial charge on any atom is -0.381 e. The van der Waals surface area contributed by atoms with Gasteiger partial charge in [0.2, 0.25) is 17.6 Å². The van der Waals surface area contributed by atoms with Gasteiger partial charge in [-0.1, -0.05) is 11.6 Å². The van der Waals surface area contributed by atoms with Crippen LogP contribution in [0.25, 0.3) is 0 Å². The zero-order valence-corrected chi connectivity index (χ0v) is 20.9. The molecule has 194 valence electrons. The number of ketones is 1. The second kappa shape index (κ2) is 11.4. The maximum atomic E-state index is 13.3. The number of amides is 4. The molecule has 2 heterocycles. The summed E-state index contributed by atoms with van der Waals surface area (Å²) in [4.78, 5) is 64.0. The highest BCUT2D eigenvalue weighted by molar-refractivity contribution is 6.38. The number of rotatable bonds is 9. The summed E-state index contributed by atoms with van der Waals surface area (Å²) in [6.07, 6.45) is 3.25. The summed E-state index contributed by atoms with van der Waals surface area (Å²) in [5.41, 5.74) is 0.307. The third-order valence-corrected chi connectivity index (χ3v) is 6.99. The van der Waals surface area contributed by atoms with Gasteiger partial charge in [-0.3, -0.25) is 24.0 Å². The summed E-state index contributed by atoms with van der Waals surface area (Å²) in [5.74, 6) is -3.48. The van der Waals surface area contributed by atoms with E-state index in [0.717, 1.165) is 12.8 Å². The molecule has 4 rings (SSSR count). The van der Waals surface area contributed by atoms with Crippen LogP contribution in [-0.4, -0.2) is 60.8 Å². The average Bonchev–Trinajstić information content (AvgIpc) is 3.61. The molecule has 2 saturated heterocycles. The number of benzene rings is 1. The molecule has 1 aliphatic carbocycles. The molecule has 1 aromatic rings. The van der Waals surface area contributed by atoms with Crippen LogP contribution in [0, 0.1) is 11.8 Å². The predicted octanol–water partition coefficient (Wildman–Crippen LogP) is 1.57. The third kappa shape index (κ3) is 6.61. The van der Waals surface area contributed by atoms with Crippen LogP contribution in [0.1, 0.15) is 55.8 Å². The van der Waals surface area contributed by atoms with E-state index in [9.17, 15) is 24.0 Å². The van der Waals surface area contributed by atoms with Gasteiger partial charge in [0.05, 0.1) is 17.3 Å². The van der Waals surface area contributed by atoms with E-state index in [4.69, 9.17) is 16.3 Å². The van der Waals surface area contributed by atoms with Crippen molar-refractivity contribution in [3.8, 4) is 0 Å². The van der Waals surface area contributed by atoms with Gasteiger partial charge < -0.3 is 26.0 Å². The monoisotopic (exact) mass is 518 g/mol. The fourth-order valence-corrected chi connectivity index (χ4v) is 4.73. The Bertz CT molecular complexity index is 1050. The van der Waals surface area contributed by atoms with Gasteiger partial charge in [0.25, 0.3) is 11.8 Å². The molecule has 1 aromatic carbocycles. The van der Waals surface area contributed by atoms with Gasteiger partial charge in [0.1, 0.15) is 0 Å². The molecule has 0 spiro atoms. The van der Waals surface area contributed by atoms with E-state index >= 15 is 0 Å². The summed E-state index contributed by atoms with van der Waals surface area (Å²) >= 11 is 6.14. The first-order valence-corrected chi connectivity index (χ1v) is 12.7. The van der Waals surface area contributed by atoms with E-state index in [2.05, 4.69) is 21.3 Å². The Morgan fingerprint density at radius 2 is 1.86 bits per heavy atom. The van der Waals surface area contributed by atoms with E-state index in [-0.39, 0.29) is 52.5 Å². The second-order valence-electron chi connectivity index (χ2n) is 9.78. The van der Waals surface area contributed by atoms with Crippen molar-refractivity contribution in [2.75, 3.05) is 18.5 Å². The molecule has 3 atom stereocenters. The molecule has 1 saturated carbocycles. The van der Waals surface area contributed by atoms with Crippen LogP contribution in [0.3, 0.4) is 0 Å². The number of nitrogens with one attached hydrogen (secondary N) is 4. The largest absolute Gasteiger partial charge is 0.381 e. The van der Waals surface area contributed by atoms with E-state index in [1.165, 1.54) is 12.1 Å². The van der Waals surface area contributed by atoms with E-state index in [1.54, 1.807) is 6.07 Å². The van der Waals surface area contributed by atoms with Gasteiger partial charge in [-0.2, -0.15) is 0 Å². The van der Waals surface area contributed by atoms with Crippen molar-refractivity contribution in [3.63, 3.8) is 0 Å². The SMILES string of the molecule is C[C@@H]1C[C@@H](C[C@H](NC(=O)c2cc(Cl)ccc2NC(=O)C2CCOCC2)C(=O)C(=O)NC2CC2)C(=O)N1. The lowest BCUT2D eigenvalue weighted by Gasteiger charge is -2.23. The van der Waals surface area contributed by atoms with Crippen molar-refractivity contribution in [2.45, 2.75) is 63.6 Å². The minimum atomic E-state index is -1.21. The molecule has 4 amide bonds. The van der Waals surface area contributed by atoms with Crippen molar-refractivity contribution >= 4 is 46.7 Å². The Balaban J connectivity index is 1.52. The van der Waals surface area contributed by atoms with Crippen LogP contribution in [0.5, 0.6) is 0 Å². The van der Waals surface area contributed by atoms with Crippen molar-refractivity contribution in [1.29, 1.82) is 0 Å². The molecule has 2 aliphatic heterocycles. The van der Waals surface area contributed by atoms with Crippen molar-refractivity contribution < 1.29 is 28.7 Å². The molecule has 4 N–H and O–H groups in total. The molecule has 3 aliphatic rings. The number of halogens is 1. The van der Waals surface area contributed by atoms with Gasteiger partial charge in [-0.25, -0.2) is 0 Å². The van der Waals surface area contributed by atoms with Gasteiger partial charge in [0, 0.05) is 42.2 Å². The Hall–Kier alpha value is -2.98. The lowest BCUT2D eigenvalue weighted by atomic mass is 9.93. The summed E-state index contributed by atoms with van der Waals surface area (Å²) in [6, 6.07) is 3.16. The van der Waals surface area contributed by atoms with Crippen LogP contribution in [0.15, 0.2) is 18.2 Å². The van der Waals surface area contributed by atoms with Crippen LogP contribution in [0.4, 0.5) is 5.69 Å². The summed E-state index contributed by atoms with van der Waals surface area (Å²) < 4.78 is 5.31. The molecule has 0 unspecified atom stereocenters. The summed E-state index contributed by atoms with van der Waals surface area (Å²) in [6.45, 7) is 2.84. The average molecular weight is 519 g/mol. The highest BCUT2D eigenvalue weighted by atomic mass is 35.5. The van der Waals surface area contributed by atoms with Crippen LogP contribution >= 0.6 is 11.6 Å². The second-order valence-corrected chi connectivity index (χ2v) is 10.2. The Labute approximate surface area is 214 Å². The Morgan fingerprint density at radius 1 is 1.14 bits per heavy atom. The van der Waals surface area contributed by atoms with E-state index in [0.29, 0.717) is 32.5 Å². The third-order valence-electron chi connectivity index (χ3n) is 6.75. The van der Waals surface area contributed by atoms with Crippen molar-refractivity contribution in [2.24, 2.45) is 11.8 Å². The fraction of sp³-hybridized carbons (Fsp3) is 0.560. The lowest BCUT2D eigenvalue weighted by molar-refractivity contribution is -0.139. The first-order chi connectivity index (χ1) is 17.2. The predicted molar refractivity (Wildman–Crippen MR) is 131 cm³/mol. The van der Waals surface area contributed by atoms with Crippen LogP contribution in [-0.2, 0) is 23.9 Å². The van der Waals surface area contributed by atoms with E-state index < -0.39 is 29.6 Å². The molecular weight excluding hydrogens is 488 g/mol. The smallest absolute Gasteiger partial charge is 0.289 e. The first kappa shape index (κ1) is 26.1. The highest BCUT2D eigenvalue weighted by Crippen LogP contribution is 2.25. The van der Waals surface area contributed by atoms with Crippen molar-refractivity contribution in [3.05, 3.63) is 28.8 Å². The molecule has 3 fully saturated rings. The number of hydrogen-bond donors (Lipinski definition) is 4. The number of anilines is 1. The maximum Gasteiger partial charge on any atom is 0.289 e. The fourth-order valence-electron chi connectivity index (χ4n) is 4.56. The van der Waals surface area contributed by atoms with Gasteiger partial charge in [-0.05, 0) is 63.6 Å². The maximum absolute atomic E-state index is 13.3. The molecule has 0 radical (unpaired) electrons. The first-order valence-electron chi connectivity index (χ1n) is 12.4. The molecular formula is C25H31ClN4O6. The zero-order chi connectivity index (χ0) is 25.8. The number of carbonyl (C=O) groups excluding carboxylic acids is 5. The van der Waals surface area contributed by atoms with Gasteiger partial charge in [-0.15, -0.1) is 0 Å². The Morgan fingerprint density at radius 3 is 2.50 bits per heavy atom. The summed E-state index contributed by atoms with van der Waals surface area (Å²) in [7, 11) is 0. The molecule has 0 aromatic heterocycles. The molecule has 11 heteroatoms. The number of ether oxygens (including phenoxy) is 1. The van der Waals surface area contributed by atoms with Crippen LogP contribution in [0.2, 0.25) is 5.02 Å². The minimum absolute atomic E-state index is 0.0107. The number of hydrogen-bond acceptors (Lipinski definition) is 6. The molecule has 0 bridgehead atoms. The normalized spacial score (nSPS) is 22.9. The number of carbonyl (C=O) groups is 5. The van der Waals surface area contributed by atoms with E-state index in [1.807, 2.05) is 6.92 Å². The standard InChI is InChI=1S/C25H31ClN4O6/c1-13-10-15(23(33)27-13)11-20(21(31)25(35)28-17-3-4-17)30-24(34)18-12-16(26)2-5-19(18)29-22(32)14-6-8-36-9-7-14/h2,5,12-15,17,20H,3-4,6-11H2,1H3,(H,27,33)(H,28,35)(H,29,32)(H,30,34)/t13-,15+,20+/m1/s1. The quantitative estimate of drug-likeness (QED) is 0.365. The molecule has 36 heavy (non-hydrogen) atoms. The molecule has 10 nitrogen and oxygen atoms in total. The highest BCUT2D eigenvalue weighted by Gasteiger charge is 2.38. The van der Waals surface area contributed by atoms with Crippen molar-refractivity contribution in [1.82, 2.24) is 16.0 Å². The lowest BCUT2D eigenvalue weighted by Crippen LogP contribution is -2.49. The summed E-state index contributed by atoms with van der Waals surface area (Å²) in [5, 5.41) is 11.1. The zero-order valence-electron chi connectivity index (χ0n) is 20.1. The Kier molecular flexibility index (Phi) is 8.25. The van der Waals surface area contributed by atoms with Crippen LogP contribution < -0.4 is 21.3 Å².